The molecule has 15 heteroatoms. The van der Waals surface area contributed by atoms with Crippen LogP contribution in [0.2, 0.25) is 0 Å². The summed E-state index contributed by atoms with van der Waals surface area (Å²) in [5, 5.41) is 44.0. The second kappa shape index (κ2) is 16.4. The maximum absolute atomic E-state index is 14.6. The minimum absolute atomic E-state index is 0.0474. The van der Waals surface area contributed by atoms with Crippen LogP contribution in [0.3, 0.4) is 0 Å². The summed E-state index contributed by atoms with van der Waals surface area (Å²) >= 11 is 2.76. The number of fused-ring (bicyclic) bond motifs is 1. The first-order valence-electron chi connectivity index (χ1n) is 15.1. The third kappa shape index (κ3) is 9.00. The van der Waals surface area contributed by atoms with Gasteiger partial charge in [0.05, 0.1) is 36.1 Å². The van der Waals surface area contributed by atoms with E-state index in [1.807, 2.05) is 37.3 Å². The Balaban J connectivity index is 1.15. The molecule has 5 N–H and O–H groups in total. The van der Waals surface area contributed by atoms with Crippen molar-refractivity contribution in [1.82, 2.24) is 25.5 Å². The summed E-state index contributed by atoms with van der Waals surface area (Å²) < 4.78 is 21.3. The van der Waals surface area contributed by atoms with E-state index >= 15 is 0 Å². The fourth-order valence-electron chi connectivity index (χ4n) is 4.47. The number of anilines is 4. The zero-order valence-electron chi connectivity index (χ0n) is 26.2. The van der Waals surface area contributed by atoms with Gasteiger partial charge in [-0.1, -0.05) is 35.3 Å². The van der Waals surface area contributed by atoms with Gasteiger partial charge in [-0.2, -0.15) is 0 Å². The molecule has 0 aliphatic heterocycles. The average Bonchev–Trinajstić information content (AvgIpc) is 3.70. The van der Waals surface area contributed by atoms with Crippen LogP contribution in [-0.4, -0.2) is 80.9 Å². The predicted octanol–water partition coefficient (Wildman–Crippen LogP) is 4.90. The lowest BCUT2D eigenvalue weighted by molar-refractivity contribution is 0.0690. The maximum Gasteiger partial charge on any atom is 0.355 e. The van der Waals surface area contributed by atoms with Crippen molar-refractivity contribution < 1.29 is 29.2 Å². The molecule has 5 rings (SSSR count). The first-order chi connectivity index (χ1) is 23.2. The van der Waals surface area contributed by atoms with Crippen LogP contribution in [0.15, 0.2) is 48.5 Å². The van der Waals surface area contributed by atoms with Gasteiger partial charge in [-0.05, 0) is 74.7 Å². The highest BCUT2D eigenvalue weighted by atomic mass is 32.1. The lowest BCUT2D eigenvalue weighted by Crippen LogP contribution is -2.22. The molecule has 0 bridgehead atoms. The number of para-hydroxylation sites is 1. The molecular weight excluding hydrogens is 658 g/mol. The number of carbonyl (C=O) groups is 1. The Morgan fingerprint density at radius 3 is 2.73 bits per heavy atom. The lowest BCUT2D eigenvalue weighted by atomic mass is 10.2. The molecule has 12 nitrogen and oxygen atoms in total. The van der Waals surface area contributed by atoms with Gasteiger partial charge < -0.3 is 35.6 Å². The first-order valence-corrected chi connectivity index (χ1v) is 16.7. The zero-order chi connectivity index (χ0) is 34.0. The van der Waals surface area contributed by atoms with Crippen LogP contribution in [0.4, 0.5) is 26.3 Å². The van der Waals surface area contributed by atoms with Gasteiger partial charge in [-0.25, -0.2) is 19.2 Å². The Morgan fingerprint density at radius 2 is 1.98 bits per heavy atom. The van der Waals surface area contributed by atoms with Gasteiger partial charge in [0.25, 0.3) is 0 Å². The van der Waals surface area contributed by atoms with Gasteiger partial charge in [0.15, 0.2) is 39.2 Å². The van der Waals surface area contributed by atoms with E-state index in [0.717, 1.165) is 15.8 Å². The van der Waals surface area contributed by atoms with E-state index in [2.05, 4.69) is 42.6 Å². The van der Waals surface area contributed by atoms with Crippen LogP contribution < -0.4 is 20.3 Å². The fourth-order valence-corrected chi connectivity index (χ4v) is 6.40. The van der Waals surface area contributed by atoms with Gasteiger partial charge in [0, 0.05) is 17.5 Å². The number of aliphatic hydroxyl groups excluding tert-OH is 2. The largest absolute Gasteiger partial charge is 0.491 e. The number of ether oxygens (including phenoxy) is 1. The summed E-state index contributed by atoms with van der Waals surface area (Å²) in [6.07, 6.45) is 0.457. The molecule has 48 heavy (non-hydrogen) atoms. The molecule has 0 fully saturated rings. The van der Waals surface area contributed by atoms with E-state index in [1.54, 1.807) is 18.0 Å². The molecule has 5 aromatic rings. The van der Waals surface area contributed by atoms with E-state index < -0.39 is 17.9 Å². The molecular formula is C33H34FN7O5S2. The Labute approximate surface area is 284 Å². The van der Waals surface area contributed by atoms with E-state index in [-0.39, 0.29) is 24.7 Å². The number of nitrogens with one attached hydrogen (secondary N) is 2. The number of aliphatic hydroxyl groups is 2. The van der Waals surface area contributed by atoms with Crippen LogP contribution >= 0.6 is 22.7 Å². The van der Waals surface area contributed by atoms with Gasteiger partial charge in [-0.15, -0.1) is 21.5 Å². The standard InChI is InChI=1S/C33H34FN7O5S2/c1-20-17-28(39-40-30(20)38-32-36-24-8-3-4-9-26(24)47-32)41(2)33-37-29(31(44)45)27(48-33)10-6-16-46-25-12-11-21(18-23(25)34)7-5-14-35-15-13-22(43)19-42/h3-4,8-9,11-12,17-18,22,35,42-43H,6,10,13-16,19H2,1-2H3,(H,44,45)(H,36,38,40)/t22-/m1/s1. The Hall–Kier alpha value is -4.72. The van der Waals surface area contributed by atoms with Crippen LogP contribution in [0.1, 0.15) is 39.3 Å². The number of rotatable bonds is 15. The van der Waals surface area contributed by atoms with Crippen molar-refractivity contribution in [2.45, 2.75) is 32.3 Å². The Kier molecular flexibility index (Phi) is 11.8. The summed E-state index contributed by atoms with van der Waals surface area (Å²) in [4.78, 5) is 23.2. The van der Waals surface area contributed by atoms with Gasteiger partial charge in [-0.3, -0.25) is 0 Å². The lowest BCUT2D eigenvalue weighted by Gasteiger charge is -2.15. The smallest absolute Gasteiger partial charge is 0.355 e. The summed E-state index contributed by atoms with van der Waals surface area (Å²) in [5.41, 5.74) is 2.17. The molecule has 0 amide bonds. The number of aromatic nitrogens is 4. The molecule has 1 atom stereocenters. The molecule has 0 saturated heterocycles. The predicted molar refractivity (Wildman–Crippen MR) is 184 cm³/mol. The monoisotopic (exact) mass is 691 g/mol. The summed E-state index contributed by atoms with van der Waals surface area (Å²) in [6.45, 7) is 2.64. The van der Waals surface area contributed by atoms with Crippen LogP contribution in [-0.2, 0) is 6.42 Å². The molecule has 3 aromatic heterocycles. The molecule has 0 unspecified atom stereocenters. The zero-order valence-corrected chi connectivity index (χ0v) is 27.9. The number of hydrogen-bond donors (Lipinski definition) is 5. The fraction of sp³-hybridized carbons (Fsp3) is 0.303. The van der Waals surface area contributed by atoms with Crippen molar-refractivity contribution in [3.05, 3.63) is 76.0 Å². The molecule has 3 heterocycles. The SMILES string of the molecule is Cc1cc(N(C)c2nc(C(=O)O)c(CCCOc3ccc(C#CCNCC[C@@H](O)CO)cc3F)s2)nnc1Nc1nc2ccccc2s1. The Bertz CT molecular complexity index is 1910. The average molecular weight is 692 g/mol. The quantitative estimate of drug-likeness (QED) is 0.0746. The van der Waals surface area contributed by atoms with Gasteiger partial charge in [0.2, 0.25) is 0 Å². The molecule has 0 saturated carbocycles. The second-order valence-electron chi connectivity index (χ2n) is 10.7. The van der Waals surface area contributed by atoms with Crippen molar-refractivity contribution in [1.29, 1.82) is 0 Å². The normalized spacial score (nSPS) is 11.6. The van der Waals surface area contributed by atoms with E-state index in [0.29, 0.717) is 64.7 Å². The molecule has 0 radical (unpaired) electrons. The van der Waals surface area contributed by atoms with E-state index in [4.69, 9.17) is 9.84 Å². The molecule has 0 aliphatic carbocycles. The van der Waals surface area contributed by atoms with Crippen molar-refractivity contribution in [3.8, 4) is 17.6 Å². The summed E-state index contributed by atoms with van der Waals surface area (Å²) in [7, 11) is 1.75. The van der Waals surface area contributed by atoms with E-state index in [1.165, 1.54) is 34.8 Å². The number of carboxylic acid groups (broad SMARTS) is 1. The van der Waals surface area contributed by atoms with Crippen LogP contribution in [0, 0.1) is 24.6 Å². The topological polar surface area (TPSA) is 166 Å². The molecule has 250 valence electrons. The van der Waals surface area contributed by atoms with Gasteiger partial charge in [0.1, 0.15) is 0 Å². The van der Waals surface area contributed by atoms with Crippen LogP contribution in [0.25, 0.3) is 10.2 Å². The number of halogens is 1. The highest BCUT2D eigenvalue weighted by Gasteiger charge is 2.21. The Morgan fingerprint density at radius 1 is 1.15 bits per heavy atom. The molecule has 0 aliphatic rings. The van der Waals surface area contributed by atoms with Crippen molar-refractivity contribution in [2.75, 3.05) is 43.6 Å². The number of benzene rings is 2. The summed E-state index contributed by atoms with van der Waals surface area (Å²) in [5.74, 6) is 5.20. The van der Waals surface area contributed by atoms with Crippen molar-refractivity contribution in [3.63, 3.8) is 0 Å². The molecule has 0 spiro atoms. The second-order valence-corrected chi connectivity index (χ2v) is 12.8. The number of hydrogen-bond acceptors (Lipinski definition) is 13. The maximum atomic E-state index is 14.6. The number of carboxylic acids is 1. The third-order valence-electron chi connectivity index (χ3n) is 7.06. The summed E-state index contributed by atoms with van der Waals surface area (Å²) in [6, 6.07) is 14.2. The number of aryl methyl sites for hydroxylation is 2. The number of nitrogens with zero attached hydrogens (tertiary/aromatic N) is 5. The van der Waals surface area contributed by atoms with Crippen molar-refractivity contribution in [2.24, 2.45) is 0 Å². The van der Waals surface area contributed by atoms with E-state index in [9.17, 15) is 19.4 Å². The van der Waals surface area contributed by atoms with Crippen LogP contribution in [0.5, 0.6) is 5.75 Å². The minimum Gasteiger partial charge on any atom is -0.491 e. The number of thiazole rings is 2. The highest BCUT2D eigenvalue weighted by Crippen LogP contribution is 2.33. The third-order valence-corrected chi connectivity index (χ3v) is 9.20. The van der Waals surface area contributed by atoms with Gasteiger partial charge >= 0.3 is 5.97 Å². The van der Waals surface area contributed by atoms with Crippen molar-refractivity contribution >= 4 is 60.8 Å². The minimum atomic E-state index is -1.14. The molecule has 2 aromatic carbocycles. The first kappa shape index (κ1) is 34.6. The highest BCUT2D eigenvalue weighted by molar-refractivity contribution is 7.22. The number of aromatic carboxylic acids is 1.